The molecule has 4 heteroatoms. The van der Waals surface area contributed by atoms with Gasteiger partial charge in [0, 0.05) is 24.2 Å². The van der Waals surface area contributed by atoms with Crippen molar-refractivity contribution in [2.75, 3.05) is 7.11 Å². The lowest BCUT2D eigenvalue weighted by molar-refractivity contribution is 0.398. The topological polar surface area (TPSA) is 60.5 Å². The lowest BCUT2D eigenvalue weighted by Crippen LogP contribution is -1.89. The summed E-state index contributed by atoms with van der Waals surface area (Å²) in [6.07, 6.45) is 5.02. The zero-order chi connectivity index (χ0) is 10.4. The van der Waals surface area contributed by atoms with Crippen LogP contribution >= 0.6 is 0 Å². The van der Waals surface area contributed by atoms with Crippen LogP contribution in [-0.2, 0) is 0 Å². The summed E-state index contributed by atoms with van der Waals surface area (Å²) >= 11 is 0. The van der Waals surface area contributed by atoms with Crippen LogP contribution in [0.15, 0.2) is 35.1 Å². The first-order chi connectivity index (χ1) is 6.72. The highest BCUT2D eigenvalue weighted by Crippen LogP contribution is 2.15. The van der Waals surface area contributed by atoms with E-state index in [0.717, 1.165) is 11.4 Å². The second-order valence-electron chi connectivity index (χ2n) is 2.75. The first kappa shape index (κ1) is 10.2. The van der Waals surface area contributed by atoms with Crippen molar-refractivity contribution < 1.29 is 4.74 Å². The van der Waals surface area contributed by atoms with E-state index >= 15 is 0 Å². The van der Waals surface area contributed by atoms with Crippen molar-refractivity contribution in [1.29, 1.82) is 0 Å². The molecule has 1 aromatic rings. The summed E-state index contributed by atoms with van der Waals surface area (Å²) in [4.78, 5) is 8.12. The highest BCUT2D eigenvalue weighted by atomic mass is 16.5. The zero-order valence-corrected chi connectivity index (χ0v) is 8.27. The Balaban J connectivity index is 2.76. The first-order valence-electron chi connectivity index (χ1n) is 4.19. The van der Waals surface area contributed by atoms with Gasteiger partial charge in [-0.25, -0.2) is 4.98 Å². The van der Waals surface area contributed by atoms with Gasteiger partial charge >= 0.3 is 0 Å². The van der Waals surface area contributed by atoms with Gasteiger partial charge in [-0.05, 0) is 19.1 Å². The second-order valence-corrected chi connectivity index (χ2v) is 2.75. The number of hydrogen-bond donors (Lipinski definition) is 1. The molecule has 0 amide bonds. The number of allylic oxidation sites excluding steroid dienone is 2. The maximum atomic E-state index is 5.45. The molecule has 0 aliphatic carbocycles. The van der Waals surface area contributed by atoms with Crippen LogP contribution in [-0.4, -0.2) is 18.3 Å². The van der Waals surface area contributed by atoms with Crippen LogP contribution in [0.2, 0.25) is 0 Å². The molecule has 0 aliphatic heterocycles. The number of nitrogens with two attached hydrogens (primary N) is 1. The average molecular weight is 191 g/mol. The minimum absolute atomic E-state index is 0.549. The van der Waals surface area contributed by atoms with Gasteiger partial charge in [-0.15, -0.1) is 0 Å². The minimum Gasteiger partial charge on any atom is -0.481 e. The summed E-state index contributed by atoms with van der Waals surface area (Å²) in [5.41, 5.74) is 6.95. The number of pyridine rings is 1. The maximum absolute atomic E-state index is 5.45. The Labute approximate surface area is 83.1 Å². The van der Waals surface area contributed by atoms with Crippen LogP contribution in [0.4, 0.5) is 5.69 Å². The normalized spacial score (nSPS) is 12.0. The van der Waals surface area contributed by atoms with Crippen molar-refractivity contribution in [3.8, 4) is 5.88 Å². The predicted molar refractivity (Wildman–Crippen MR) is 56.9 cm³/mol. The van der Waals surface area contributed by atoms with Crippen molar-refractivity contribution in [2.45, 2.75) is 6.92 Å². The Morgan fingerprint density at radius 2 is 2.43 bits per heavy atom. The molecule has 0 fully saturated rings. The standard InChI is InChI=1S/C10H13N3O/c1-8(11)3-5-12-9-4-6-13-10(7-9)14-2/h3-7H,11H2,1-2H3. The highest BCUT2D eigenvalue weighted by molar-refractivity contribution is 5.75. The summed E-state index contributed by atoms with van der Waals surface area (Å²) in [6.45, 7) is 1.80. The predicted octanol–water partition coefficient (Wildman–Crippen LogP) is 1.66. The monoisotopic (exact) mass is 191 g/mol. The van der Waals surface area contributed by atoms with Gasteiger partial charge < -0.3 is 10.5 Å². The van der Waals surface area contributed by atoms with Crippen molar-refractivity contribution in [3.05, 3.63) is 30.1 Å². The van der Waals surface area contributed by atoms with Crippen LogP contribution in [0.1, 0.15) is 6.92 Å². The van der Waals surface area contributed by atoms with Crippen molar-refractivity contribution >= 4 is 11.9 Å². The van der Waals surface area contributed by atoms with Gasteiger partial charge in [0.1, 0.15) is 0 Å². The maximum Gasteiger partial charge on any atom is 0.215 e. The number of ether oxygens (including phenoxy) is 1. The summed E-state index contributed by atoms with van der Waals surface area (Å²) in [7, 11) is 1.57. The van der Waals surface area contributed by atoms with Crippen molar-refractivity contribution in [1.82, 2.24) is 4.98 Å². The van der Waals surface area contributed by atoms with Gasteiger partial charge in [0.05, 0.1) is 12.8 Å². The summed E-state index contributed by atoms with van der Waals surface area (Å²) in [5.74, 6) is 0.549. The molecule has 14 heavy (non-hydrogen) atoms. The molecule has 4 nitrogen and oxygen atoms in total. The molecule has 0 bridgehead atoms. The van der Waals surface area contributed by atoms with E-state index in [-0.39, 0.29) is 0 Å². The van der Waals surface area contributed by atoms with Gasteiger partial charge in [0.25, 0.3) is 0 Å². The Morgan fingerprint density at radius 3 is 3.07 bits per heavy atom. The minimum atomic E-state index is 0.549. The molecule has 74 valence electrons. The Kier molecular flexibility index (Phi) is 3.67. The van der Waals surface area contributed by atoms with E-state index in [9.17, 15) is 0 Å². The smallest absolute Gasteiger partial charge is 0.215 e. The molecule has 0 aliphatic rings. The van der Waals surface area contributed by atoms with E-state index in [1.54, 1.807) is 44.7 Å². The number of methoxy groups -OCH3 is 1. The molecule has 1 heterocycles. The Bertz CT molecular complexity index is 354. The molecule has 0 spiro atoms. The zero-order valence-electron chi connectivity index (χ0n) is 8.27. The van der Waals surface area contributed by atoms with E-state index in [4.69, 9.17) is 10.5 Å². The van der Waals surface area contributed by atoms with Gasteiger partial charge in [-0.1, -0.05) is 0 Å². The van der Waals surface area contributed by atoms with E-state index < -0.39 is 0 Å². The number of aromatic nitrogens is 1. The third-order valence-electron chi connectivity index (χ3n) is 1.49. The van der Waals surface area contributed by atoms with E-state index in [1.807, 2.05) is 0 Å². The third kappa shape index (κ3) is 3.26. The average Bonchev–Trinajstić information content (AvgIpc) is 2.18. The fourth-order valence-electron chi connectivity index (χ4n) is 0.832. The molecular weight excluding hydrogens is 178 g/mol. The number of hydrogen-bond acceptors (Lipinski definition) is 4. The van der Waals surface area contributed by atoms with E-state index in [0.29, 0.717) is 5.88 Å². The number of nitrogens with zero attached hydrogens (tertiary/aromatic N) is 2. The van der Waals surface area contributed by atoms with Gasteiger partial charge in [0.2, 0.25) is 5.88 Å². The first-order valence-corrected chi connectivity index (χ1v) is 4.19. The van der Waals surface area contributed by atoms with Crippen molar-refractivity contribution in [2.24, 2.45) is 10.7 Å². The molecule has 1 rings (SSSR count). The molecule has 0 saturated heterocycles. The third-order valence-corrected chi connectivity index (χ3v) is 1.49. The van der Waals surface area contributed by atoms with Crippen LogP contribution in [0.5, 0.6) is 5.88 Å². The number of rotatable bonds is 3. The molecule has 0 atom stereocenters. The fraction of sp³-hybridized carbons (Fsp3) is 0.200. The lowest BCUT2D eigenvalue weighted by Gasteiger charge is -1.97. The largest absolute Gasteiger partial charge is 0.481 e. The quantitative estimate of drug-likeness (QED) is 0.739. The van der Waals surface area contributed by atoms with Crippen LogP contribution in [0.25, 0.3) is 0 Å². The van der Waals surface area contributed by atoms with Gasteiger partial charge in [-0.2, -0.15) is 0 Å². The summed E-state index contributed by atoms with van der Waals surface area (Å²) < 4.78 is 4.96. The van der Waals surface area contributed by atoms with Gasteiger partial charge in [0.15, 0.2) is 0 Å². The Hall–Kier alpha value is -1.84. The fourth-order valence-corrected chi connectivity index (χ4v) is 0.832. The van der Waals surface area contributed by atoms with E-state index in [1.165, 1.54) is 0 Å². The lowest BCUT2D eigenvalue weighted by atomic mass is 10.4. The van der Waals surface area contributed by atoms with Crippen LogP contribution in [0.3, 0.4) is 0 Å². The molecule has 0 saturated carbocycles. The number of aliphatic imine (C=N–C) groups is 1. The molecule has 2 N–H and O–H groups in total. The molecule has 1 aromatic heterocycles. The molecule has 0 unspecified atom stereocenters. The molecule has 0 radical (unpaired) electrons. The van der Waals surface area contributed by atoms with E-state index in [2.05, 4.69) is 9.98 Å². The molecular formula is C10H13N3O. The highest BCUT2D eigenvalue weighted by Gasteiger charge is 1.92. The Morgan fingerprint density at radius 1 is 1.64 bits per heavy atom. The summed E-state index contributed by atoms with van der Waals surface area (Å²) in [6, 6.07) is 3.54. The summed E-state index contributed by atoms with van der Waals surface area (Å²) in [5, 5.41) is 0. The van der Waals surface area contributed by atoms with Gasteiger partial charge in [-0.3, -0.25) is 4.99 Å². The van der Waals surface area contributed by atoms with Crippen molar-refractivity contribution in [3.63, 3.8) is 0 Å². The molecule has 0 aromatic carbocycles. The second kappa shape index (κ2) is 5.01. The van der Waals surface area contributed by atoms with Crippen LogP contribution in [0, 0.1) is 0 Å². The van der Waals surface area contributed by atoms with Crippen LogP contribution < -0.4 is 10.5 Å². The SMILES string of the molecule is COc1cc(N=CC=C(C)N)ccn1.